The summed E-state index contributed by atoms with van der Waals surface area (Å²) in [6, 6.07) is 0. The molecule has 0 aliphatic rings. The molecule has 0 bridgehead atoms. The number of phosphoric acid groups is 2. The summed E-state index contributed by atoms with van der Waals surface area (Å²) in [6.45, 7) is 2.44. The third kappa shape index (κ3) is 98.8. The van der Waals surface area contributed by atoms with E-state index in [1.807, 2.05) is 0 Å². The largest absolute Gasteiger partial charge is 0.472 e. The first kappa shape index (κ1) is 119. The molecule has 0 aliphatic heterocycles. The first-order valence-corrected chi connectivity index (χ1v) is 52.7. The number of allylic oxidation sites excluding steroid dienone is 32. The van der Waals surface area contributed by atoms with Crippen molar-refractivity contribution in [1.82, 2.24) is 0 Å². The Bertz CT molecular complexity index is 3050. The van der Waals surface area contributed by atoms with E-state index in [1.165, 1.54) is 173 Å². The summed E-state index contributed by atoms with van der Waals surface area (Å²) in [6.07, 6.45) is 131. The van der Waals surface area contributed by atoms with Crippen molar-refractivity contribution < 1.29 is 75.8 Å². The second-order valence-corrected chi connectivity index (χ2v) is 35.7. The van der Waals surface area contributed by atoms with Gasteiger partial charge >= 0.3 is 33.6 Å². The van der Waals surface area contributed by atoms with Gasteiger partial charge in [-0.3, -0.25) is 32.5 Å². The minimum Gasteiger partial charge on any atom is -0.463 e. The molecule has 125 heavy (non-hydrogen) atoms. The van der Waals surface area contributed by atoms with Crippen LogP contribution in [0.2, 0.25) is 0 Å². The Morgan fingerprint density at radius 1 is 0.232 bits per heavy atom. The second kappa shape index (κ2) is 97.4. The highest BCUT2D eigenvalue weighted by molar-refractivity contribution is 7.47. The molecule has 16 nitrogen and oxygen atoms in total. The molecule has 0 fully saturated rings. The summed E-state index contributed by atoms with van der Waals surface area (Å²) in [5, 5.41) is 20.8. The van der Waals surface area contributed by atoms with Gasteiger partial charge in [-0.2, -0.15) is 0 Å². The van der Waals surface area contributed by atoms with Crippen LogP contribution in [0.5, 0.6) is 0 Å². The molecule has 0 amide bonds. The Labute approximate surface area is 763 Å². The fourth-order valence-electron chi connectivity index (χ4n) is 13.3. The van der Waals surface area contributed by atoms with Crippen molar-refractivity contribution in [3.8, 4) is 0 Å². The van der Waals surface area contributed by atoms with E-state index in [4.69, 9.17) is 32.3 Å². The van der Waals surface area contributed by atoms with Gasteiger partial charge in [-0.15, -0.1) is 0 Å². The maximum atomic E-state index is 13.1. The normalized spacial score (nSPS) is 14.5. The Morgan fingerprint density at radius 3 is 0.672 bits per heavy atom. The molecule has 18 heteroatoms. The molecule has 0 rings (SSSR count). The highest BCUT2D eigenvalue weighted by Gasteiger charge is 2.30. The zero-order valence-corrected chi connectivity index (χ0v) is 80.7. The minimum atomic E-state index is -4.96. The van der Waals surface area contributed by atoms with E-state index in [-0.39, 0.29) is 19.3 Å². The van der Waals surface area contributed by atoms with E-state index in [9.17, 15) is 43.5 Å². The van der Waals surface area contributed by atoms with Crippen LogP contribution in [0.1, 0.15) is 406 Å². The third-order valence-electron chi connectivity index (χ3n) is 20.8. The molecule has 0 aromatic heterocycles. The molecular weight excluding hydrogens is 1600 g/mol. The lowest BCUT2D eigenvalue weighted by atomic mass is 10.0. The number of aliphatic hydroxyl groups excluding tert-OH is 2. The van der Waals surface area contributed by atoms with Crippen LogP contribution in [0.3, 0.4) is 0 Å². The van der Waals surface area contributed by atoms with Crippen LogP contribution in [0, 0.1) is 0 Å². The molecule has 0 saturated carbocycles. The second-order valence-electron chi connectivity index (χ2n) is 32.8. The predicted molar refractivity (Wildman–Crippen MR) is 528 cm³/mol. The Kier molecular flexibility index (Phi) is 93.1. The topological polar surface area (TPSA) is 231 Å². The van der Waals surface area contributed by atoms with Gasteiger partial charge in [0.25, 0.3) is 0 Å². The third-order valence-corrected chi connectivity index (χ3v) is 22.7. The number of rotatable bonds is 93. The summed E-state index contributed by atoms with van der Waals surface area (Å²) >= 11 is 0. The molecule has 5 unspecified atom stereocenters. The van der Waals surface area contributed by atoms with Gasteiger partial charge in [0.2, 0.25) is 0 Å². The molecule has 0 heterocycles. The predicted octanol–water partition coefficient (Wildman–Crippen LogP) is 31.3. The Hall–Kier alpha value is -5.61. The fraction of sp³-hybridized carbons (Fsp3) is 0.673. The van der Waals surface area contributed by atoms with Crippen LogP contribution < -0.4 is 0 Å². The highest BCUT2D eigenvalue weighted by Crippen LogP contribution is 2.45. The average molecular weight is 1780 g/mol. The summed E-state index contributed by atoms with van der Waals surface area (Å²) in [4.78, 5) is 59.1. The molecule has 0 radical (unpaired) electrons. The summed E-state index contributed by atoms with van der Waals surface area (Å²) < 4.78 is 61.6. The quantitative estimate of drug-likeness (QED) is 0.0146. The molecule has 4 N–H and O–H groups in total. The number of aliphatic hydroxyl groups is 2. The van der Waals surface area contributed by atoms with Crippen LogP contribution in [0.4, 0.5) is 0 Å². The lowest BCUT2D eigenvalue weighted by molar-refractivity contribution is -0.161. The first-order chi connectivity index (χ1) is 61.2. The number of carbonyl (C=O) groups excluding carboxylic acids is 3. The monoisotopic (exact) mass is 1780 g/mol. The molecule has 0 aromatic carbocycles. The van der Waals surface area contributed by atoms with E-state index in [0.29, 0.717) is 19.3 Å². The van der Waals surface area contributed by atoms with Gasteiger partial charge in [0.1, 0.15) is 25.4 Å². The summed E-state index contributed by atoms with van der Waals surface area (Å²) in [7, 11) is -9.83. The Balaban J connectivity index is 4.59. The maximum absolute atomic E-state index is 13.1. The number of ether oxygens (including phenoxy) is 3. The number of hydrogen-bond acceptors (Lipinski definition) is 14. The van der Waals surface area contributed by atoms with Gasteiger partial charge in [0.15, 0.2) is 6.10 Å². The lowest BCUT2D eigenvalue weighted by Crippen LogP contribution is -2.30. The van der Waals surface area contributed by atoms with Gasteiger partial charge in [-0.05, 0) is 167 Å². The van der Waals surface area contributed by atoms with Crippen molar-refractivity contribution in [3.63, 3.8) is 0 Å². The molecule has 0 saturated heterocycles. The number of esters is 3. The van der Waals surface area contributed by atoms with Crippen LogP contribution in [0.15, 0.2) is 194 Å². The summed E-state index contributed by atoms with van der Waals surface area (Å²) in [5.74, 6) is -1.60. The fourth-order valence-corrected chi connectivity index (χ4v) is 14.9. The van der Waals surface area contributed by atoms with Gasteiger partial charge in [-0.25, -0.2) is 9.13 Å². The highest BCUT2D eigenvalue weighted by atomic mass is 31.2. The Morgan fingerprint density at radius 2 is 0.424 bits per heavy atom. The van der Waals surface area contributed by atoms with Crippen LogP contribution in [-0.4, -0.2) is 95.9 Å². The molecular formula is C107H180O16P2. The van der Waals surface area contributed by atoms with Gasteiger partial charge in [-0.1, -0.05) is 414 Å². The van der Waals surface area contributed by atoms with E-state index in [0.717, 1.165) is 173 Å². The van der Waals surface area contributed by atoms with Gasteiger partial charge in [0, 0.05) is 19.3 Å². The van der Waals surface area contributed by atoms with Crippen LogP contribution in [0.25, 0.3) is 0 Å². The number of hydrogen-bond donors (Lipinski definition) is 4. The minimum absolute atomic E-state index is 0.0683. The average Bonchev–Trinajstić information content (AvgIpc) is 0.901. The smallest absolute Gasteiger partial charge is 0.463 e. The van der Waals surface area contributed by atoms with Crippen molar-refractivity contribution in [2.24, 2.45) is 0 Å². The van der Waals surface area contributed by atoms with Crippen molar-refractivity contribution in [3.05, 3.63) is 194 Å². The molecule has 0 spiro atoms. The zero-order valence-electron chi connectivity index (χ0n) is 79.0. The van der Waals surface area contributed by atoms with Crippen LogP contribution in [-0.2, 0) is 55.8 Å². The van der Waals surface area contributed by atoms with Crippen molar-refractivity contribution in [2.75, 3.05) is 39.6 Å². The molecule has 0 aliphatic carbocycles. The van der Waals surface area contributed by atoms with E-state index in [2.05, 4.69) is 215 Å². The van der Waals surface area contributed by atoms with Gasteiger partial charge in [0.05, 0.1) is 26.4 Å². The maximum Gasteiger partial charge on any atom is 0.472 e. The standard InChI is InChI=1S/C107H180O16P2/c1-4-7-10-13-16-19-22-25-28-31-34-37-40-42-44-46-48-49-50-51-53-55-56-58-61-63-66-69-72-75-78-81-84-87-90-93-105(110)117-96-102(108)97-119-124(113,114)120-98-103(109)99-121-125(115,116)122-101-104(123-107(112)95-92-89-86-83-80-77-74-71-68-65-60-39-36-33-30-27-24-21-18-15-12-9-6-3)100-118-106(111)94-91-88-85-82-79-76-73-70-67-64-62-59-57-54-52-47-45-43-41-38-35-32-29-26-23-20-17-14-11-8-5-2/h8-9,11-12,16-21,25-30,34-39,42-45,52,54,65,68,74,77,102-104,108-109H,4-7,10,13-15,22-24,31-33,40-41,46-51,53,55-64,66-67,69-73,75-76,78-101H2,1-3H3,(H,113,114)(H,115,116)/b11-8-,12-9-,19-16-,20-17-,21-18-,28-25-,29-26-,30-27-,37-34-,38-35-,39-36-,44-42-,45-43-,54-52-,68-65-,77-74-. The molecule has 714 valence electrons. The number of carbonyl (C=O) groups is 3. The van der Waals surface area contributed by atoms with E-state index >= 15 is 0 Å². The molecule has 5 atom stereocenters. The van der Waals surface area contributed by atoms with Crippen molar-refractivity contribution >= 4 is 33.6 Å². The van der Waals surface area contributed by atoms with E-state index < -0.39 is 91.5 Å². The first-order valence-electron chi connectivity index (χ1n) is 49.7. The van der Waals surface area contributed by atoms with Crippen LogP contribution >= 0.6 is 15.6 Å². The van der Waals surface area contributed by atoms with Gasteiger partial charge < -0.3 is 34.2 Å². The summed E-state index contributed by atoms with van der Waals surface area (Å²) in [5.41, 5.74) is 0. The number of unbranched alkanes of at least 4 members (excludes halogenated alkanes) is 38. The number of phosphoric ester groups is 2. The zero-order chi connectivity index (χ0) is 90.7. The van der Waals surface area contributed by atoms with Crippen molar-refractivity contribution in [1.29, 1.82) is 0 Å². The van der Waals surface area contributed by atoms with E-state index in [1.54, 1.807) is 0 Å². The lowest BCUT2D eigenvalue weighted by Gasteiger charge is -2.21. The van der Waals surface area contributed by atoms with Crippen molar-refractivity contribution in [2.45, 2.75) is 424 Å². The SMILES string of the molecule is CC/C=C\C/C=C\C/C=C\C/C=C\C/C=C\C/C=C\CCCCCCCCCCCCCCC(=O)OCC(COP(=O)(O)OCC(O)COP(=O)(O)OCC(O)COC(=O)CCCCCCCCCCCCCCCCCCCCC/C=C\C/C=C\C/C=C\C/C=C\CCCCC)OC(=O)CCCCCC/C=C\C/C=C\C/C=C\C/C=C\C/C=C\C/C=C\CC. The molecule has 0 aromatic rings.